The van der Waals surface area contributed by atoms with Gasteiger partial charge in [0.2, 0.25) is 0 Å². The average Bonchev–Trinajstić information content (AvgIpc) is 2.93. The number of benzene rings is 2. The van der Waals surface area contributed by atoms with Gasteiger partial charge in [0.05, 0.1) is 16.6 Å². The molecule has 4 rings (SSSR count). The van der Waals surface area contributed by atoms with Crippen LogP contribution in [-0.2, 0) is 42.9 Å². The fourth-order valence-corrected chi connectivity index (χ4v) is 5.45. The molecule has 13 nitrogen and oxygen atoms in total. The smallest absolute Gasteiger partial charge is 0.303 e. The Bertz CT molecular complexity index is 1530. The Balaban J connectivity index is 1.82. The largest absolute Gasteiger partial charge is 0.463 e. The van der Waals surface area contributed by atoms with Gasteiger partial charge in [0.15, 0.2) is 28.9 Å². The molecule has 2 heterocycles. The first kappa shape index (κ1) is 30.5. The molecule has 14 heteroatoms. The van der Waals surface area contributed by atoms with Crippen molar-refractivity contribution in [1.82, 2.24) is 9.66 Å². The third-order valence-electron chi connectivity index (χ3n) is 5.93. The molecule has 0 bridgehead atoms. The van der Waals surface area contributed by atoms with Crippen LogP contribution in [0.15, 0.2) is 64.5 Å². The number of carbonyl (C=O) groups is 4. The second-order valence-corrected chi connectivity index (χ2v) is 10.3. The number of thioether (sulfide) groups is 1. The van der Waals surface area contributed by atoms with Crippen molar-refractivity contribution in [3.8, 4) is 0 Å². The van der Waals surface area contributed by atoms with Crippen LogP contribution in [0.2, 0.25) is 0 Å². The van der Waals surface area contributed by atoms with Gasteiger partial charge in [0, 0.05) is 27.7 Å². The van der Waals surface area contributed by atoms with E-state index in [1.807, 2.05) is 6.07 Å². The summed E-state index contributed by atoms with van der Waals surface area (Å²) in [5.74, 6) is -2.86. The van der Waals surface area contributed by atoms with Gasteiger partial charge in [0.1, 0.15) is 12.7 Å². The van der Waals surface area contributed by atoms with Gasteiger partial charge in [-0.2, -0.15) is 4.68 Å². The second-order valence-electron chi connectivity index (χ2n) is 9.22. The van der Waals surface area contributed by atoms with Crippen LogP contribution < -0.4 is 11.0 Å². The van der Waals surface area contributed by atoms with Gasteiger partial charge in [-0.1, -0.05) is 42.1 Å². The maximum atomic E-state index is 13.6. The number of fused-ring (bicyclic) bond motifs is 1. The normalized spacial score (nSPS) is 21.7. The summed E-state index contributed by atoms with van der Waals surface area (Å²) >= 11 is 0.897. The minimum Gasteiger partial charge on any atom is -0.463 e. The molecule has 1 fully saturated rings. The summed E-state index contributed by atoms with van der Waals surface area (Å²) in [6, 6.07) is 15.6. The van der Waals surface area contributed by atoms with Gasteiger partial charge in [-0.15, -0.1) is 0 Å². The van der Waals surface area contributed by atoms with Gasteiger partial charge in [-0.3, -0.25) is 29.4 Å². The van der Waals surface area contributed by atoms with Crippen molar-refractivity contribution in [3.63, 3.8) is 0 Å². The first-order valence-electron chi connectivity index (χ1n) is 12.8. The molecule has 1 saturated heterocycles. The lowest BCUT2D eigenvalue weighted by Gasteiger charge is -2.44. The molecule has 0 saturated carbocycles. The Morgan fingerprint density at radius 3 is 2.07 bits per heavy atom. The monoisotopic (exact) mass is 599 g/mol. The Hall–Kier alpha value is -4.43. The summed E-state index contributed by atoms with van der Waals surface area (Å²) < 4.78 is 29.0. The lowest BCUT2D eigenvalue weighted by atomic mass is 9.99. The summed E-state index contributed by atoms with van der Waals surface area (Å²) in [5, 5.41) is 0.454. The van der Waals surface area contributed by atoms with Crippen LogP contribution in [0.3, 0.4) is 0 Å². The Morgan fingerprint density at radius 2 is 1.43 bits per heavy atom. The molecule has 0 aliphatic carbocycles. The van der Waals surface area contributed by atoms with E-state index in [0.29, 0.717) is 16.6 Å². The number of para-hydroxylation sites is 2. The number of anilines is 1. The van der Waals surface area contributed by atoms with Gasteiger partial charge in [0.25, 0.3) is 5.56 Å². The zero-order chi connectivity index (χ0) is 30.4. The van der Waals surface area contributed by atoms with Crippen LogP contribution in [-0.4, -0.2) is 70.0 Å². The Kier molecular flexibility index (Phi) is 9.80. The quantitative estimate of drug-likeness (QED) is 0.217. The summed E-state index contributed by atoms with van der Waals surface area (Å²) in [5.41, 5.74) is 2.42. The number of nitrogens with one attached hydrogen (secondary N) is 1. The molecule has 3 aromatic rings. The summed E-state index contributed by atoms with van der Waals surface area (Å²) in [4.78, 5) is 66.3. The molecule has 1 aromatic heterocycles. The highest BCUT2D eigenvalue weighted by atomic mass is 32.2. The molecule has 1 aliphatic heterocycles. The standard InChI is InChI=1S/C28H29N3O10S/c1-15(32)37-14-22-23(38-16(2)33)24(39-17(3)34)25(40-18(4)35)27(41-22)42-28-29-21-13-9-8-12-20(21)26(36)31(28)30-19-10-6-5-7-11-19/h5-13,22-25,27,30H,14H2,1-4H3/t22-,23+,24+,25-,27+/m1/s1. The van der Waals surface area contributed by atoms with E-state index in [-0.39, 0.29) is 11.8 Å². The molecular weight excluding hydrogens is 570 g/mol. The minimum atomic E-state index is -1.36. The van der Waals surface area contributed by atoms with E-state index in [2.05, 4.69) is 10.4 Å². The van der Waals surface area contributed by atoms with Gasteiger partial charge in [-0.05, 0) is 24.3 Å². The van der Waals surface area contributed by atoms with Crippen molar-refractivity contribution in [2.45, 2.75) is 62.7 Å². The van der Waals surface area contributed by atoms with Crippen LogP contribution in [0.25, 0.3) is 10.9 Å². The number of hydrogen-bond donors (Lipinski definition) is 1. The van der Waals surface area contributed by atoms with Gasteiger partial charge < -0.3 is 23.7 Å². The molecule has 1 aliphatic rings. The highest BCUT2D eigenvalue weighted by molar-refractivity contribution is 7.99. The van der Waals surface area contributed by atoms with Crippen LogP contribution in [0.5, 0.6) is 0 Å². The second kappa shape index (κ2) is 13.5. The van der Waals surface area contributed by atoms with E-state index in [4.69, 9.17) is 23.7 Å². The highest BCUT2D eigenvalue weighted by Gasteiger charge is 2.52. The van der Waals surface area contributed by atoms with Crippen molar-refractivity contribution >= 4 is 52.2 Å². The predicted molar refractivity (Wildman–Crippen MR) is 149 cm³/mol. The van der Waals surface area contributed by atoms with E-state index in [0.717, 1.165) is 32.5 Å². The van der Waals surface area contributed by atoms with Gasteiger partial charge >= 0.3 is 23.9 Å². The predicted octanol–water partition coefficient (Wildman–Crippen LogP) is 2.45. The molecule has 0 spiro atoms. The number of carbonyl (C=O) groups excluding carboxylic acids is 4. The average molecular weight is 600 g/mol. The fourth-order valence-electron chi connectivity index (χ4n) is 4.32. The molecular formula is C28H29N3O10S. The van der Waals surface area contributed by atoms with E-state index in [9.17, 15) is 24.0 Å². The van der Waals surface area contributed by atoms with E-state index < -0.39 is 59.3 Å². The number of esters is 4. The molecule has 5 atom stereocenters. The summed E-state index contributed by atoms with van der Waals surface area (Å²) in [6.45, 7) is 4.24. The van der Waals surface area contributed by atoms with E-state index in [1.165, 1.54) is 11.6 Å². The minimum absolute atomic E-state index is 0.114. The summed E-state index contributed by atoms with van der Waals surface area (Å²) in [7, 11) is 0. The van der Waals surface area contributed by atoms with Crippen LogP contribution in [0.4, 0.5) is 5.69 Å². The van der Waals surface area contributed by atoms with Crippen molar-refractivity contribution in [3.05, 3.63) is 65.0 Å². The molecule has 1 N–H and O–H groups in total. The SMILES string of the molecule is CC(=O)OC[C@H]1O[C@@H](Sc2nc3ccccc3c(=O)n2Nc2ccccc2)[C@H](OC(C)=O)[C@@H](OC(C)=O)[C@H]1OC(C)=O. The topological polar surface area (TPSA) is 161 Å². The number of rotatable bonds is 9. The van der Waals surface area contributed by atoms with Crippen LogP contribution in [0.1, 0.15) is 27.7 Å². The maximum absolute atomic E-state index is 13.6. The number of nitrogens with zero attached hydrogens (tertiary/aromatic N) is 2. The van der Waals surface area contributed by atoms with Crippen molar-refractivity contribution < 1.29 is 42.9 Å². The van der Waals surface area contributed by atoms with Crippen LogP contribution in [0, 0.1) is 0 Å². The Morgan fingerprint density at radius 1 is 0.833 bits per heavy atom. The van der Waals surface area contributed by atoms with E-state index >= 15 is 0 Å². The van der Waals surface area contributed by atoms with Crippen LogP contribution >= 0.6 is 11.8 Å². The van der Waals surface area contributed by atoms with Crippen molar-refractivity contribution in [1.29, 1.82) is 0 Å². The first-order valence-corrected chi connectivity index (χ1v) is 13.7. The maximum Gasteiger partial charge on any atom is 0.303 e. The summed E-state index contributed by atoms with van der Waals surface area (Å²) in [6.07, 6.45) is -5.14. The molecule has 42 heavy (non-hydrogen) atoms. The lowest BCUT2D eigenvalue weighted by Crippen LogP contribution is -2.61. The zero-order valence-electron chi connectivity index (χ0n) is 23.2. The number of ether oxygens (including phenoxy) is 5. The number of hydrogen-bond acceptors (Lipinski definition) is 13. The lowest BCUT2D eigenvalue weighted by molar-refractivity contribution is -0.237. The zero-order valence-corrected chi connectivity index (χ0v) is 24.0. The third-order valence-corrected chi connectivity index (χ3v) is 7.03. The van der Waals surface area contributed by atoms with E-state index in [1.54, 1.807) is 48.5 Å². The highest BCUT2D eigenvalue weighted by Crippen LogP contribution is 2.37. The Labute approximate surface area is 244 Å². The van der Waals surface area contributed by atoms with Crippen molar-refractivity contribution in [2.24, 2.45) is 0 Å². The molecule has 0 amide bonds. The number of aromatic nitrogens is 2. The fraction of sp³-hybridized carbons (Fsp3) is 0.357. The molecule has 0 radical (unpaired) electrons. The molecule has 0 unspecified atom stereocenters. The molecule has 222 valence electrons. The third kappa shape index (κ3) is 7.44. The molecule has 2 aromatic carbocycles. The first-order chi connectivity index (χ1) is 20.0. The van der Waals surface area contributed by atoms with Gasteiger partial charge in [-0.25, -0.2) is 4.98 Å². The van der Waals surface area contributed by atoms with Crippen molar-refractivity contribution in [2.75, 3.05) is 12.0 Å².